The number of halogens is 1. The van der Waals surface area contributed by atoms with Crippen molar-refractivity contribution in [2.45, 2.75) is 36.8 Å². The maximum absolute atomic E-state index is 12.9. The summed E-state index contributed by atoms with van der Waals surface area (Å²) in [6, 6.07) is 6.54. The van der Waals surface area contributed by atoms with Crippen LogP contribution in [0.4, 0.5) is 4.39 Å². The van der Waals surface area contributed by atoms with Gasteiger partial charge in [-0.3, -0.25) is 0 Å². The van der Waals surface area contributed by atoms with E-state index in [4.69, 9.17) is 5.73 Å². The third-order valence-corrected chi connectivity index (χ3v) is 4.78. The van der Waals surface area contributed by atoms with Gasteiger partial charge in [0, 0.05) is 36.2 Å². The predicted molar refractivity (Wildman–Crippen MR) is 80.9 cm³/mol. The van der Waals surface area contributed by atoms with E-state index in [0.29, 0.717) is 10.5 Å². The maximum atomic E-state index is 12.9. The van der Waals surface area contributed by atoms with Gasteiger partial charge in [0.05, 0.1) is 0 Å². The third-order valence-electron chi connectivity index (χ3n) is 3.55. The summed E-state index contributed by atoms with van der Waals surface area (Å²) in [6.45, 7) is 7.88. The van der Waals surface area contributed by atoms with Crippen LogP contribution in [0.25, 0.3) is 0 Å². The second kappa shape index (κ2) is 6.73. The Morgan fingerprint density at radius 1 is 1.26 bits per heavy atom. The summed E-state index contributed by atoms with van der Waals surface area (Å²) in [5.74, 6) is -0.202. The predicted octanol–water partition coefficient (Wildman–Crippen LogP) is 3.04. The zero-order valence-electron chi connectivity index (χ0n) is 11.7. The molecule has 1 heterocycles. The summed E-state index contributed by atoms with van der Waals surface area (Å²) >= 11 is 2.06. The topological polar surface area (TPSA) is 29.3 Å². The SMILES string of the molecule is CC1CN(CCC(N)c2ccc(F)cc2)CC(C)S1. The van der Waals surface area contributed by atoms with Crippen molar-refractivity contribution in [3.63, 3.8) is 0 Å². The molecule has 3 atom stereocenters. The Labute approximate surface area is 119 Å². The molecule has 4 heteroatoms. The molecule has 0 aromatic heterocycles. The van der Waals surface area contributed by atoms with Crippen LogP contribution >= 0.6 is 11.8 Å². The molecule has 106 valence electrons. The lowest BCUT2D eigenvalue weighted by atomic mass is 10.0. The number of nitrogens with two attached hydrogens (primary N) is 1. The Kier molecular flexibility index (Phi) is 5.25. The Balaban J connectivity index is 1.83. The molecule has 1 fully saturated rings. The second-order valence-corrected chi connectivity index (χ2v) is 7.35. The first-order chi connectivity index (χ1) is 9.04. The molecule has 0 aliphatic carbocycles. The van der Waals surface area contributed by atoms with E-state index in [9.17, 15) is 4.39 Å². The monoisotopic (exact) mass is 282 g/mol. The van der Waals surface area contributed by atoms with Gasteiger partial charge >= 0.3 is 0 Å². The first-order valence-corrected chi connectivity index (χ1v) is 7.87. The number of rotatable bonds is 4. The highest BCUT2D eigenvalue weighted by Gasteiger charge is 2.22. The Hall–Kier alpha value is -0.580. The van der Waals surface area contributed by atoms with E-state index in [1.807, 2.05) is 0 Å². The number of benzene rings is 1. The summed E-state index contributed by atoms with van der Waals surface area (Å²) in [5.41, 5.74) is 7.20. The zero-order valence-corrected chi connectivity index (χ0v) is 12.5. The Morgan fingerprint density at radius 3 is 2.42 bits per heavy atom. The molecule has 19 heavy (non-hydrogen) atoms. The maximum Gasteiger partial charge on any atom is 0.123 e. The standard InChI is InChI=1S/C15H23FN2S/c1-11-9-18(10-12(2)19-11)8-7-15(17)13-3-5-14(16)6-4-13/h3-6,11-12,15H,7-10,17H2,1-2H3. The number of hydrogen-bond acceptors (Lipinski definition) is 3. The summed E-state index contributed by atoms with van der Waals surface area (Å²) in [6.07, 6.45) is 0.926. The average Bonchev–Trinajstić information content (AvgIpc) is 2.36. The van der Waals surface area contributed by atoms with Gasteiger partial charge in [-0.2, -0.15) is 11.8 Å². The highest BCUT2D eigenvalue weighted by molar-refractivity contribution is 8.00. The van der Waals surface area contributed by atoms with Gasteiger partial charge < -0.3 is 10.6 Å². The number of nitrogens with zero attached hydrogens (tertiary/aromatic N) is 1. The minimum absolute atomic E-state index is 0.000733. The molecule has 0 bridgehead atoms. The molecular formula is C15H23FN2S. The molecule has 0 saturated carbocycles. The van der Waals surface area contributed by atoms with Gasteiger partial charge in [-0.25, -0.2) is 4.39 Å². The molecule has 0 spiro atoms. The lowest BCUT2D eigenvalue weighted by Gasteiger charge is -2.35. The highest BCUT2D eigenvalue weighted by Crippen LogP contribution is 2.25. The summed E-state index contributed by atoms with van der Waals surface area (Å²) in [7, 11) is 0. The van der Waals surface area contributed by atoms with Crippen LogP contribution < -0.4 is 5.73 Å². The summed E-state index contributed by atoms with van der Waals surface area (Å²) in [5, 5.41) is 1.40. The van der Waals surface area contributed by atoms with Gasteiger partial charge in [-0.1, -0.05) is 26.0 Å². The molecule has 2 nitrogen and oxygen atoms in total. The van der Waals surface area contributed by atoms with Gasteiger partial charge in [-0.15, -0.1) is 0 Å². The molecule has 0 radical (unpaired) electrons. The van der Waals surface area contributed by atoms with Crippen molar-refractivity contribution in [3.8, 4) is 0 Å². The van der Waals surface area contributed by atoms with Crippen LogP contribution in [-0.4, -0.2) is 35.0 Å². The minimum atomic E-state index is -0.202. The van der Waals surface area contributed by atoms with Gasteiger partial charge in [0.15, 0.2) is 0 Å². The smallest absolute Gasteiger partial charge is 0.123 e. The largest absolute Gasteiger partial charge is 0.324 e. The van der Waals surface area contributed by atoms with E-state index >= 15 is 0 Å². The molecule has 1 aliphatic heterocycles. The van der Waals surface area contributed by atoms with E-state index in [-0.39, 0.29) is 11.9 Å². The normalized spacial score (nSPS) is 26.3. The van der Waals surface area contributed by atoms with Crippen LogP contribution in [0.3, 0.4) is 0 Å². The van der Waals surface area contributed by atoms with Crippen LogP contribution in [0, 0.1) is 5.82 Å². The van der Waals surface area contributed by atoms with Crippen molar-refractivity contribution in [2.75, 3.05) is 19.6 Å². The molecule has 1 saturated heterocycles. The van der Waals surface area contributed by atoms with Gasteiger partial charge in [0.2, 0.25) is 0 Å². The van der Waals surface area contributed by atoms with E-state index in [2.05, 4.69) is 30.5 Å². The van der Waals surface area contributed by atoms with Gasteiger partial charge in [0.25, 0.3) is 0 Å². The van der Waals surface area contributed by atoms with Crippen LogP contribution in [0.1, 0.15) is 31.9 Å². The summed E-state index contributed by atoms with van der Waals surface area (Å²) < 4.78 is 12.9. The molecule has 2 N–H and O–H groups in total. The van der Waals surface area contributed by atoms with E-state index in [0.717, 1.165) is 31.6 Å². The lowest BCUT2D eigenvalue weighted by molar-refractivity contribution is 0.260. The zero-order chi connectivity index (χ0) is 13.8. The molecule has 1 aromatic rings. The Bertz CT molecular complexity index is 386. The van der Waals surface area contributed by atoms with E-state index in [1.165, 1.54) is 12.1 Å². The van der Waals surface area contributed by atoms with E-state index < -0.39 is 0 Å². The van der Waals surface area contributed by atoms with Crippen molar-refractivity contribution in [1.29, 1.82) is 0 Å². The first-order valence-electron chi connectivity index (χ1n) is 6.93. The molecule has 0 amide bonds. The van der Waals surface area contributed by atoms with Crippen LogP contribution in [-0.2, 0) is 0 Å². The number of thioether (sulfide) groups is 1. The summed E-state index contributed by atoms with van der Waals surface area (Å²) in [4.78, 5) is 2.50. The quantitative estimate of drug-likeness (QED) is 0.920. The van der Waals surface area contributed by atoms with Crippen molar-refractivity contribution in [3.05, 3.63) is 35.6 Å². The van der Waals surface area contributed by atoms with Crippen LogP contribution in [0.2, 0.25) is 0 Å². The molecular weight excluding hydrogens is 259 g/mol. The van der Waals surface area contributed by atoms with Crippen molar-refractivity contribution >= 4 is 11.8 Å². The van der Waals surface area contributed by atoms with Gasteiger partial charge in [-0.05, 0) is 24.1 Å². The minimum Gasteiger partial charge on any atom is -0.324 e. The van der Waals surface area contributed by atoms with Crippen molar-refractivity contribution in [2.24, 2.45) is 5.73 Å². The van der Waals surface area contributed by atoms with Crippen molar-refractivity contribution in [1.82, 2.24) is 4.90 Å². The first kappa shape index (κ1) is 14.8. The molecule has 2 rings (SSSR count). The fourth-order valence-corrected chi connectivity index (χ4v) is 4.05. The lowest BCUT2D eigenvalue weighted by Crippen LogP contribution is -2.41. The van der Waals surface area contributed by atoms with Gasteiger partial charge in [0.1, 0.15) is 5.82 Å². The fourth-order valence-electron chi connectivity index (χ4n) is 2.67. The number of hydrogen-bond donors (Lipinski definition) is 1. The highest BCUT2D eigenvalue weighted by atomic mass is 32.2. The van der Waals surface area contributed by atoms with E-state index in [1.54, 1.807) is 12.1 Å². The Morgan fingerprint density at radius 2 is 1.84 bits per heavy atom. The molecule has 3 unspecified atom stereocenters. The van der Waals surface area contributed by atoms with Crippen LogP contribution in [0.15, 0.2) is 24.3 Å². The molecule has 1 aromatic carbocycles. The second-order valence-electron chi connectivity index (χ2n) is 5.46. The third kappa shape index (κ3) is 4.48. The van der Waals surface area contributed by atoms with Crippen molar-refractivity contribution < 1.29 is 4.39 Å². The fraction of sp³-hybridized carbons (Fsp3) is 0.600. The molecule has 1 aliphatic rings. The van der Waals surface area contributed by atoms with Crippen LogP contribution in [0.5, 0.6) is 0 Å². The average molecular weight is 282 g/mol.